The third-order valence-electron chi connectivity index (χ3n) is 2.85. The normalized spacial score (nSPS) is 15.2. The van der Waals surface area contributed by atoms with Crippen molar-refractivity contribution in [3.63, 3.8) is 0 Å². The van der Waals surface area contributed by atoms with Gasteiger partial charge in [-0.05, 0) is 54.4 Å². The molecule has 0 N–H and O–H groups in total. The molecule has 2 atom stereocenters. The summed E-state index contributed by atoms with van der Waals surface area (Å²) in [4.78, 5) is 11.8. The van der Waals surface area contributed by atoms with E-state index in [0.29, 0.717) is 5.76 Å². The molecule has 22 heavy (non-hydrogen) atoms. The minimum Gasteiger partial charge on any atom is -0.602 e. The average molecular weight is 330 g/mol. The smallest absolute Gasteiger partial charge is 0.602 e. The number of carbonyl (C=O) groups is 1. The lowest BCUT2D eigenvalue weighted by Crippen LogP contribution is -2.33. The van der Waals surface area contributed by atoms with Crippen LogP contribution in [-0.4, -0.2) is 38.9 Å². The van der Waals surface area contributed by atoms with Crippen molar-refractivity contribution >= 4 is 21.1 Å². The van der Waals surface area contributed by atoms with E-state index < -0.39 is 26.7 Å². The lowest BCUT2D eigenvalue weighted by Gasteiger charge is -2.22. The number of hydrogen-bond acceptors (Lipinski definition) is 5. The van der Waals surface area contributed by atoms with Gasteiger partial charge in [0.2, 0.25) is 0 Å². The Morgan fingerprint density at radius 2 is 1.55 bits per heavy atom. The molecule has 5 nitrogen and oxygen atoms in total. The zero-order chi connectivity index (χ0) is 17.3. The fourth-order valence-electron chi connectivity index (χ4n) is 1.34. The van der Waals surface area contributed by atoms with Gasteiger partial charge in [0, 0.05) is 12.2 Å². The Bertz CT molecular complexity index is 350. The number of carbonyl (C=O) groups excluding carboxylic acids is 1. The highest BCUT2D eigenvalue weighted by Gasteiger charge is 2.38. The van der Waals surface area contributed by atoms with Gasteiger partial charge in [-0.3, -0.25) is 0 Å². The SMILES string of the molecule is CCC(C)[O][Al]([O]/C(C)=C\C(=O)OC(C)(C)C)[O]C(C)CC. The molecule has 0 bridgehead atoms. The Labute approximate surface area is 140 Å². The first-order chi connectivity index (χ1) is 10.1. The van der Waals surface area contributed by atoms with Gasteiger partial charge >= 0.3 is 21.1 Å². The maximum absolute atomic E-state index is 11.8. The highest BCUT2D eigenvalue weighted by molar-refractivity contribution is 6.37. The fourth-order valence-corrected chi connectivity index (χ4v) is 3.03. The van der Waals surface area contributed by atoms with Gasteiger partial charge in [-0.15, -0.1) is 0 Å². The van der Waals surface area contributed by atoms with Crippen LogP contribution < -0.4 is 0 Å². The molecular formula is C16H31AlO5. The molecule has 0 spiro atoms. The zero-order valence-corrected chi connectivity index (χ0v) is 16.4. The zero-order valence-electron chi connectivity index (χ0n) is 15.3. The van der Waals surface area contributed by atoms with E-state index in [-0.39, 0.29) is 12.2 Å². The monoisotopic (exact) mass is 330 g/mol. The van der Waals surface area contributed by atoms with Gasteiger partial charge in [0.15, 0.2) is 0 Å². The van der Waals surface area contributed by atoms with Gasteiger partial charge in [-0.2, -0.15) is 0 Å². The molecule has 0 saturated carbocycles. The molecule has 0 aromatic carbocycles. The van der Waals surface area contributed by atoms with E-state index in [1.54, 1.807) is 6.92 Å². The molecule has 0 aliphatic carbocycles. The molecule has 0 aromatic heterocycles. The minimum absolute atomic E-state index is 0.0649. The van der Waals surface area contributed by atoms with Crippen LogP contribution in [0.3, 0.4) is 0 Å². The van der Waals surface area contributed by atoms with E-state index in [0.717, 1.165) is 12.8 Å². The van der Waals surface area contributed by atoms with Crippen LogP contribution in [0, 0.1) is 0 Å². The van der Waals surface area contributed by atoms with Crippen LogP contribution in [0.25, 0.3) is 0 Å². The number of esters is 1. The van der Waals surface area contributed by atoms with Gasteiger partial charge in [-0.25, -0.2) is 4.79 Å². The molecule has 0 radical (unpaired) electrons. The number of ether oxygens (including phenoxy) is 1. The molecular weight excluding hydrogens is 299 g/mol. The first kappa shape index (κ1) is 21.5. The molecule has 0 rings (SSSR count). The van der Waals surface area contributed by atoms with Crippen molar-refractivity contribution in [3.8, 4) is 0 Å². The quantitative estimate of drug-likeness (QED) is 0.278. The number of allylic oxidation sites excluding steroid dienone is 1. The standard InChI is InChI=1S/C8H14O3.2C4H9O.Al/c1-6(9)5-7(10)11-8(2,3)4;2*1-3-4(2)5;/h5,9H,1-4H3;2*4H,3H2,1-2H3;/q;2*-1;+3/p-1/b6-5-;;;. The predicted octanol–water partition coefficient (Wildman–Crippen LogP) is 3.86. The summed E-state index contributed by atoms with van der Waals surface area (Å²) in [5.74, 6) is 0.0300. The Kier molecular flexibility index (Phi) is 10.0. The summed E-state index contributed by atoms with van der Waals surface area (Å²) in [7, 11) is 0. The largest absolute Gasteiger partial charge is 1.00 e. The molecule has 0 saturated heterocycles. The summed E-state index contributed by atoms with van der Waals surface area (Å²) in [6.45, 7) is 15.2. The number of hydrogen-bond donors (Lipinski definition) is 0. The molecule has 0 aliphatic heterocycles. The van der Waals surface area contributed by atoms with Crippen LogP contribution >= 0.6 is 0 Å². The Hall–Kier alpha value is -0.538. The van der Waals surface area contributed by atoms with Gasteiger partial charge in [0.05, 0.1) is 11.8 Å². The van der Waals surface area contributed by atoms with E-state index >= 15 is 0 Å². The average Bonchev–Trinajstić information content (AvgIpc) is 2.35. The van der Waals surface area contributed by atoms with Gasteiger partial charge in [0.25, 0.3) is 0 Å². The van der Waals surface area contributed by atoms with Crippen molar-refractivity contribution in [1.29, 1.82) is 0 Å². The second-order valence-electron chi connectivity index (χ2n) is 6.40. The van der Waals surface area contributed by atoms with Crippen LogP contribution in [0.5, 0.6) is 0 Å². The van der Waals surface area contributed by atoms with Crippen LogP contribution in [0.1, 0.15) is 68.2 Å². The van der Waals surface area contributed by atoms with Gasteiger partial charge in [0.1, 0.15) is 5.60 Å². The second kappa shape index (κ2) is 10.3. The lowest BCUT2D eigenvalue weighted by atomic mass is 10.2. The maximum atomic E-state index is 11.8. The Morgan fingerprint density at radius 1 is 1.09 bits per heavy atom. The molecule has 0 aliphatic rings. The summed E-state index contributed by atoms with van der Waals surface area (Å²) in [6, 6.07) is 0. The Balaban J connectivity index is 4.71. The van der Waals surface area contributed by atoms with Crippen LogP contribution in [0.15, 0.2) is 11.8 Å². The number of rotatable bonds is 9. The molecule has 0 aromatic rings. The maximum Gasteiger partial charge on any atom is 1.00 e. The predicted molar refractivity (Wildman–Crippen MR) is 88.1 cm³/mol. The van der Waals surface area contributed by atoms with E-state index in [1.165, 1.54) is 6.08 Å². The fraction of sp³-hybridized carbons (Fsp3) is 0.812. The summed E-state index contributed by atoms with van der Waals surface area (Å²) in [5.41, 5.74) is -0.523. The highest BCUT2D eigenvalue weighted by atomic mass is 27.3. The van der Waals surface area contributed by atoms with Gasteiger partial charge in [-0.1, -0.05) is 13.8 Å². The topological polar surface area (TPSA) is 54.0 Å². The summed E-state index contributed by atoms with van der Waals surface area (Å²) in [6.07, 6.45) is 3.23. The van der Waals surface area contributed by atoms with Crippen molar-refractivity contribution < 1.29 is 20.9 Å². The van der Waals surface area contributed by atoms with Crippen molar-refractivity contribution in [3.05, 3.63) is 11.8 Å². The van der Waals surface area contributed by atoms with Crippen LogP contribution in [-0.2, 0) is 20.9 Å². The van der Waals surface area contributed by atoms with Crippen molar-refractivity contribution in [2.45, 2.75) is 86.0 Å². The van der Waals surface area contributed by atoms with E-state index in [1.807, 2.05) is 48.5 Å². The van der Waals surface area contributed by atoms with E-state index in [9.17, 15) is 4.79 Å². The molecule has 6 heteroatoms. The minimum atomic E-state index is -2.33. The molecule has 0 fully saturated rings. The van der Waals surface area contributed by atoms with Crippen molar-refractivity contribution in [2.75, 3.05) is 0 Å². The molecule has 128 valence electrons. The Morgan fingerprint density at radius 3 is 1.91 bits per heavy atom. The van der Waals surface area contributed by atoms with E-state index in [2.05, 4.69) is 0 Å². The summed E-state index contributed by atoms with van der Waals surface area (Å²) >= 11 is -2.33. The third kappa shape index (κ3) is 11.1. The van der Waals surface area contributed by atoms with E-state index in [4.69, 9.17) is 16.1 Å². The van der Waals surface area contributed by atoms with Crippen LogP contribution in [0.2, 0.25) is 0 Å². The first-order valence-electron chi connectivity index (χ1n) is 7.96. The van der Waals surface area contributed by atoms with Crippen molar-refractivity contribution in [2.24, 2.45) is 0 Å². The third-order valence-corrected chi connectivity index (χ3v) is 4.78. The molecule has 0 heterocycles. The second-order valence-corrected chi connectivity index (χ2v) is 7.76. The van der Waals surface area contributed by atoms with Crippen LogP contribution in [0.4, 0.5) is 0 Å². The lowest BCUT2D eigenvalue weighted by molar-refractivity contribution is -0.148. The van der Waals surface area contributed by atoms with Crippen molar-refractivity contribution in [1.82, 2.24) is 0 Å². The molecule has 0 amide bonds. The molecule has 2 unspecified atom stereocenters. The first-order valence-corrected chi connectivity index (χ1v) is 9.37. The summed E-state index contributed by atoms with van der Waals surface area (Å²) < 4.78 is 22.6. The highest BCUT2D eigenvalue weighted by Crippen LogP contribution is 2.12. The summed E-state index contributed by atoms with van der Waals surface area (Å²) in [5, 5.41) is 0. The van der Waals surface area contributed by atoms with Gasteiger partial charge < -0.3 is 16.1 Å².